The monoisotopic (exact) mass is 289 g/mol. The van der Waals surface area contributed by atoms with Gasteiger partial charge in [0.15, 0.2) is 0 Å². The number of hydrogen-bond donors (Lipinski definition) is 1. The Hall–Kier alpha value is -0.900. The third-order valence-corrected chi connectivity index (χ3v) is 4.09. The Labute approximate surface area is 130 Å². The molecule has 118 valence electrons. The van der Waals surface area contributed by atoms with E-state index in [1.165, 1.54) is 44.7 Å². The lowest BCUT2D eigenvalue weighted by Gasteiger charge is -2.34. The maximum atomic E-state index is 3.53. The smallest absolute Gasteiger partial charge is 0.0234 e. The molecule has 0 saturated carbocycles. The summed E-state index contributed by atoms with van der Waals surface area (Å²) in [6.07, 6.45) is 1.27. The van der Waals surface area contributed by atoms with Crippen LogP contribution in [0, 0.1) is 5.92 Å². The summed E-state index contributed by atoms with van der Waals surface area (Å²) < 4.78 is 0. The molecule has 3 nitrogen and oxygen atoms in total. The van der Waals surface area contributed by atoms with Crippen LogP contribution in [0.3, 0.4) is 0 Å². The highest BCUT2D eigenvalue weighted by molar-refractivity contribution is 5.14. The standard InChI is InChI=1S/C18H31N3/c1-17(2)15-19-9-6-10-20-11-13-21(14-12-20)16-18-7-4-3-5-8-18/h3-5,7-8,17,19H,6,9-16H2,1-2H3. The molecule has 2 rings (SSSR count). The molecular formula is C18H31N3. The first-order valence-electron chi connectivity index (χ1n) is 8.43. The van der Waals surface area contributed by atoms with Crippen LogP contribution >= 0.6 is 0 Å². The van der Waals surface area contributed by atoms with Crippen LogP contribution in [0.25, 0.3) is 0 Å². The second kappa shape index (κ2) is 9.19. The molecule has 1 N–H and O–H groups in total. The minimum Gasteiger partial charge on any atom is -0.316 e. The van der Waals surface area contributed by atoms with Crippen LogP contribution in [0.4, 0.5) is 0 Å². The maximum absolute atomic E-state index is 3.53. The summed E-state index contributed by atoms with van der Waals surface area (Å²) in [6.45, 7) is 14.0. The molecule has 21 heavy (non-hydrogen) atoms. The molecule has 1 aromatic rings. The van der Waals surface area contributed by atoms with E-state index < -0.39 is 0 Å². The van der Waals surface area contributed by atoms with E-state index in [0.717, 1.165) is 25.6 Å². The molecule has 1 fully saturated rings. The summed E-state index contributed by atoms with van der Waals surface area (Å²) in [4.78, 5) is 5.18. The zero-order chi connectivity index (χ0) is 14.9. The first-order valence-corrected chi connectivity index (χ1v) is 8.43. The Kier molecular flexibility index (Phi) is 7.20. The van der Waals surface area contributed by atoms with Gasteiger partial charge in [-0.2, -0.15) is 0 Å². The highest BCUT2D eigenvalue weighted by Gasteiger charge is 2.16. The normalized spacial score (nSPS) is 17.5. The quantitative estimate of drug-likeness (QED) is 0.742. The number of benzene rings is 1. The van der Waals surface area contributed by atoms with E-state index in [1.807, 2.05) is 0 Å². The van der Waals surface area contributed by atoms with Crippen LogP contribution in [-0.2, 0) is 6.54 Å². The summed E-state index contributed by atoms with van der Waals surface area (Å²) in [5.41, 5.74) is 1.43. The van der Waals surface area contributed by atoms with Crippen molar-refractivity contribution in [3.05, 3.63) is 35.9 Å². The summed E-state index contributed by atoms with van der Waals surface area (Å²) in [7, 11) is 0. The molecule has 0 spiro atoms. The van der Waals surface area contributed by atoms with Crippen LogP contribution in [-0.4, -0.2) is 55.6 Å². The van der Waals surface area contributed by atoms with Gasteiger partial charge in [0.05, 0.1) is 0 Å². The third kappa shape index (κ3) is 6.60. The maximum Gasteiger partial charge on any atom is 0.0234 e. The average molecular weight is 289 g/mol. The Bertz CT molecular complexity index is 369. The molecule has 1 aliphatic rings. The van der Waals surface area contributed by atoms with Crippen molar-refractivity contribution in [1.29, 1.82) is 0 Å². The van der Waals surface area contributed by atoms with Gasteiger partial charge in [-0.25, -0.2) is 0 Å². The zero-order valence-electron chi connectivity index (χ0n) is 13.7. The summed E-state index contributed by atoms with van der Waals surface area (Å²) in [5, 5.41) is 3.53. The van der Waals surface area contributed by atoms with E-state index in [1.54, 1.807) is 0 Å². The lowest BCUT2D eigenvalue weighted by Crippen LogP contribution is -2.46. The molecule has 0 aromatic heterocycles. The summed E-state index contributed by atoms with van der Waals surface area (Å²) >= 11 is 0. The fourth-order valence-electron chi connectivity index (χ4n) is 2.83. The Morgan fingerprint density at radius 3 is 2.33 bits per heavy atom. The van der Waals surface area contributed by atoms with Gasteiger partial charge in [0, 0.05) is 32.7 Å². The largest absolute Gasteiger partial charge is 0.316 e. The Morgan fingerprint density at radius 2 is 1.67 bits per heavy atom. The number of rotatable bonds is 8. The topological polar surface area (TPSA) is 18.5 Å². The predicted octanol–water partition coefficient (Wildman–Crippen LogP) is 2.44. The number of nitrogens with zero attached hydrogens (tertiary/aromatic N) is 2. The van der Waals surface area contributed by atoms with E-state index >= 15 is 0 Å². The van der Waals surface area contributed by atoms with Crippen LogP contribution in [0.5, 0.6) is 0 Å². The fourth-order valence-corrected chi connectivity index (χ4v) is 2.83. The first-order chi connectivity index (χ1) is 10.2. The van der Waals surface area contributed by atoms with E-state index in [-0.39, 0.29) is 0 Å². The minimum absolute atomic E-state index is 0.756. The Balaban J connectivity index is 1.56. The lowest BCUT2D eigenvalue weighted by atomic mass is 10.2. The number of nitrogens with one attached hydrogen (secondary N) is 1. The van der Waals surface area contributed by atoms with Crippen LogP contribution in [0.2, 0.25) is 0 Å². The second-order valence-corrected chi connectivity index (χ2v) is 6.55. The molecule has 0 amide bonds. The van der Waals surface area contributed by atoms with Crippen LogP contribution < -0.4 is 5.32 Å². The van der Waals surface area contributed by atoms with Crippen molar-refractivity contribution >= 4 is 0 Å². The van der Waals surface area contributed by atoms with Gasteiger partial charge in [0.2, 0.25) is 0 Å². The number of piperazine rings is 1. The molecule has 1 heterocycles. The SMILES string of the molecule is CC(C)CNCCCN1CCN(Cc2ccccc2)CC1. The van der Waals surface area contributed by atoms with Gasteiger partial charge in [-0.3, -0.25) is 4.90 Å². The molecule has 0 aliphatic carbocycles. The molecule has 0 atom stereocenters. The summed E-state index contributed by atoms with van der Waals surface area (Å²) in [6, 6.07) is 10.8. The molecule has 0 unspecified atom stereocenters. The minimum atomic E-state index is 0.756. The van der Waals surface area contributed by atoms with E-state index in [9.17, 15) is 0 Å². The average Bonchev–Trinajstić information content (AvgIpc) is 2.49. The van der Waals surface area contributed by atoms with Crippen molar-refractivity contribution in [3.63, 3.8) is 0 Å². The van der Waals surface area contributed by atoms with Gasteiger partial charge >= 0.3 is 0 Å². The van der Waals surface area contributed by atoms with Crippen molar-refractivity contribution in [2.75, 3.05) is 45.8 Å². The zero-order valence-corrected chi connectivity index (χ0v) is 13.7. The van der Waals surface area contributed by atoms with Crippen molar-refractivity contribution < 1.29 is 0 Å². The third-order valence-electron chi connectivity index (χ3n) is 4.09. The molecule has 0 radical (unpaired) electrons. The molecule has 3 heteroatoms. The predicted molar refractivity (Wildman–Crippen MR) is 90.5 cm³/mol. The van der Waals surface area contributed by atoms with Gasteiger partial charge < -0.3 is 10.2 Å². The number of hydrogen-bond acceptors (Lipinski definition) is 3. The van der Waals surface area contributed by atoms with Gasteiger partial charge in [-0.1, -0.05) is 44.2 Å². The highest BCUT2D eigenvalue weighted by Crippen LogP contribution is 2.08. The molecule has 1 aliphatic heterocycles. The lowest BCUT2D eigenvalue weighted by molar-refractivity contribution is 0.126. The fraction of sp³-hybridized carbons (Fsp3) is 0.667. The van der Waals surface area contributed by atoms with E-state index in [4.69, 9.17) is 0 Å². The van der Waals surface area contributed by atoms with E-state index in [0.29, 0.717) is 0 Å². The second-order valence-electron chi connectivity index (χ2n) is 6.55. The van der Waals surface area contributed by atoms with Gasteiger partial charge in [0.1, 0.15) is 0 Å². The van der Waals surface area contributed by atoms with Crippen molar-refractivity contribution in [2.24, 2.45) is 5.92 Å². The highest BCUT2D eigenvalue weighted by atomic mass is 15.3. The molecule has 0 bridgehead atoms. The molecule has 1 saturated heterocycles. The van der Waals surface area contributed by atoms with Crippen molar-refractivity contribution in [1.82, 2.24) is 15.1 Å². The van der Waals surface area contributed by atoms with Crippen molar-refractivity contribution in [3.8, 4) is 0 Å². The Morgan fingerprint density at radius 1 is 1.00 bits per heavy atom. The van der Waals surface area contributed by atoms with Gasteiger partial charge in [0.25, 0.3) is 0 Å². The first kappa shape index (κ1) is 16.5. The van der Waals surface area contributed by atoms with E-state index in [2.05, 4.69) is 59.3 Å². The van der Waals surface area contributed by atoms with Gasteiger partial charge in [-0.15, -0.1) is 0 Å². The molecule has 1 aromatic carbocycles. The van der Waals surface area contributed by atoms with Crippen molar-refractivity contribution in [2.45, 2.75) is 26.8 Å². The van der Waals surface area contributed by atoms with Gasteiger partial charge in [-0.05, 0) is 37.5 Å². The van der Waals surface area contributed by atoms with Crippen LogP contribution in [0.15, 0.2) is 30.3 Å². The molecular weight excluding hydrogens is 258 g/mol. The van der Waals surface area contributed by atoms with Crippen LogP contribution in [0.1, 0.15) is 25.8 Å². The summed E-state index contributed by atoms with van der Waals surface area (Å²) in [5.74, 6) is 0.756.